The van der Waals surface area contributed by atoms with Crippen LogP contribution in [0.5, 0.6) is 0 Å². The normalized spacial score (nSPS) is 15.9. The minimum atomic E-state index is -0.584. The quantitative estimate of drug-likeness (QED) is 0.482. The number of amides is 2. The van der Waals surface area contributed by atoms with E-state index in [0.717, 1.165) is 16.7 Å². The molecule has 4 rings (SSSR count). The van der Waals surface area contributed by atoms with Crippen LogP contribution in [0.25, 0.3) is 11.1 Å². The highest BCUT2D eigenvalue weighted by molar-refractivity contribution is 5.97. The van der Waals surface area contributed by atoms with Crippen LogP contribution in [0.15, 0.2) is 59.9 Å². The lowest BCUT2D eigenvalue weighted by Gasteiger charge is -2.25. The number of benzene rings is 2. The molecule has 1 atom stereocenters. The molecule has 0 radical (unpaired) electrons. The maximum atomic E-state index is 14.5. The predicted molar refractivity (Wildman–Crippen MR) is 141 cm³/mol. The molecule has 37 heavy (non-hydrogen) atoms. The summed E-state index contributed by atoms with van der Waals surface area (Å²) in [5.74, 6) is -0.924. The number of rotatable bonds is 7. The van der Waals surface area contributed by atoms with Gasteiger partial charge in [-0.3, -0.25) is 19.3 Å². The van der Waals surface area contributed by atoms with Gasteiger partial charge < -0.3 is 15.6 Å². The van der Waals surface area contributed by atoms with Crippen LogP contribution in [0.2, 0.25) is 0 Å². The van der Waals surface area contributed by atoms with Crippen LogP contribution in [0.1, 0.15) is 11.1 Å². The number of halogens is 1. The van der Waals surface area contributed by atoms with Crippen molar-refractivity contribution in [2.45, 2.75) is 13.3 Å². The van der Waals surface area contributed by atoms with Crippen molar-refractivity contribution in [1.82, 2.24) is 25.1 Å². The first-order chi connectivity index (χ1) is 17.7. The first-order valence-corrected chi connectivity index (χ1v) is 12.1. The zero-order valence-electron chi connectivity index (χ0n) is 21.5. The minimum absolute atomic E-state index is 0.146. The van der Waals surface area contributed by atoms with Crippen LogP contribution < -0.4 is 10.7 Å². The van der Waals surface area contributed by atoms with E-state index in [9.17, 15) is 14.0 Å². The van der Waals surface area contributed by atoms with Crippen LogP contribution in [0, 0.1) is 18.7 Å². The zero-order valence-corrected chi connectivity index (χ0v) is 21.5. The summed E-state index contributed by atoms with van der Waals surface area (Å²) in [6, 6.07) is 12.3. The molecule has 1 unspecified atom stereocenters. The van der Waals surface area contributed by atoms with Crippen molar-refractivity contribution in [2.75, 3.05) is 39.0 Å². The summed E-state index contributed by atoms with van der Waals surface area (Å²) in [5.41, 5.74) is 6.86. The van der Waals surface area contributed by atoms with E-state index in [4.69, 9.17) is 0 Å². The van der Waals surface area contributed by atoms with Crippen LogP contribution in [0.3, 0.4) is 0 Å². The molecule has 2 heterocycles. The fourth-order valence-corrected chi connectivity index (χ4v) is 4.37. The fourth-order valence-electron chi connectivity index (χ4n) is 4.37. The number of hydrogen-bond donors (Lipinski definition) is 2. The molecule has 0 fully saturated rings. The molecule has 2 aromatic carbocycles. The lowest BCUT2D eigenvalue weighted by molar-refractivity contribution is -0.137. The van der Waals surface area contributed by atoms with E-state index in [-0.39, 0.29) is 43.7 Å². The standard InChI is InChI=1S/C27H32FN7O2/c1-18-7-5-10-24(28)23(18)12-20-13-29-25(32-33(2)3)16-35(27(20)37)17-26(36)31-22-9-6-8-19(11-22)21-14-30-34(4)15-21/h5-11,14-15,20H,12-13,16-17H2,1-4H3,(H,29,32)(H,31,36). The second-order valence-corrected chi connectivity index (χ2v) is 9.46. The molecule has 1 aromatic heterocycles. The van der Waals surface area contributed by atoms with Crippen molar-refractivity contribution < 1.29 is 14.0 Å². The molecule has 9 nitrogen and oxygen atoms in total. The Morgan fingerprint density at radius 1 is 1.19 bits per heavy atom. The third-order valence-corrected chi connectivity index (χ3v) is 6.18. The largest absolute Gasteiger partial charge is 0.326 e. The number of aryl methyl sites for hydroxylation is 2. The summed E-state index contributed by atoms with van der Waals surface area (Å²) in [6.45, 7) is 2.02. The lowest BCUT2D eigenvalue weighted by atomic mass is 9.94. The number of aliphatic imine (C=N–C) groups is 1. The smallest absolute Gasteiger partial charge is 0.244 e. The molecule has 0 saturated carbocycles. The van der Waals surface area contributed by atoms with E-state index in [1.165, 1.54) is 11.0 Å². The highest BCUT2D eigenvalue weighted by Gasteiger charge is 2.31. The Balaban J connectivity index is 1.51. The molecule has 1 aliphatic rings. The van der Waals surface area contributed by atoms with E-state index < -0.39 is 5.92 Å². The highest BCUT2D eigenvalue weighted by atomic mass is 19.1. The first-order valence-electron chi connectivity index (χ1n) is 12.1. The highest BCUT2D eigenvalue weighted by Crippen LogP contribution is 2.23. The molecular formula is C27H32FN7O2. The van der Waals surface area contributed by atoms with Gasteiger partial charge in [-0.2, -0.15) is 5.10 Å². The summed E-state index contributed by atoms with van der Waals surface area (Å²) >= 11 is 0. The maximum Gasteiger partial charge on any atom is 0.244 e. The second-order valence-electron chi connectivity index (χ2n) is 9.46. The van der Waals surface area contributed by atoms with Crippen molar-refractivity contribution in [3.05, 3.63) is 71.8 Å². The number of carbonyl (C=O) groups is 2. The SMILES string of the molecule is Cc1cccc(F)c1CC1CN=C(NN(C)C)CN(CC(=O)Nc2cccc(-c3cnn(C)c3)c2)C1=O. The lowest BCUT2D eigenvalue weighted by Crippen LogP contribution is -2.47. The van der Waals surface area contributed by atoms with Gasteiger partial charge in [0.25, 0.3) is 0 Å². The van der Waals surface area contributed by atoms with E-state index in [2.05, 4.69) is 20.8 Å². The van der Waals surface area contributed by atoms with Gasteiger partial charge in [-0.15, -0.1) is 0 Å². The molecule has 0 aliphatic carbocycles. The number of hydrazine groups is 1. The molecule has 10 heteroatoms. The van der Waals surface area contributed by atoms with Crippen LogP contribution in [-0.4, -0.2) is 71.1 Å². The molecule has 0 bridgehead atoms. The molecule has 3 aromatic rings. The summed E-state index contributed by atoms with van der Waals surface area (Å²) < 4.78 is 16.3. The van der Waals surface area contributed by atoms with Crippen molar-refractivity contribution in [3.63, 3.8) is 0 Å². The number of nitrogens with zero attached hydrogens (tertiary/aromatic N) is 5. The Bertz CT molecular complexity index is 1300. The average molecular weight is 506 g/mol. The Morgan fingerprint density at radius 3 is 2.68 bits per heavy atom. The Hall–Kier alpha value is -4.05. The Labute approximate surface area is 215 Å². The molecule has 194 valence electrons. The number of aromatic nitrogens is 2. The Kier molecular flexibility index (Phi) is 7.98. The van der Waals surface area contributed by atoms with Gasteiger partial charge >= 0.3 is 0 Å². The fraction of sp³-hybridized carbons (Fsp3) is 0.333. The van der Waals surface area contributed by atoms with Crippen molar-refractivity contribution >= 4 is 23.3 Å². The predicted octanol–water partition coefficient (Wildman–Crippen LogP) is 2.64. The second kappa shape index (κ2) is 11.3. The van der Waals surface area contributed by atoms with Gasteiger partial charge in [0.15, 0.2) is 0 Å². The number of nitrogens with one attached hydrogen (secondary N) is 2. The van der Waals surface area contributed by atoms with Gasteiger partial charge in [0.05, 0.1) is 25.2 Å². The molecule has 0 spiro atoms. The van der Waals surface area contributed by atoms with Gasteiger partial charge in [0, 0.05) is 38.6 Å². The monoisotopic (exact) mass is 505 g/mol. The molecular weight excluding hydrogens is 473 g/mol. The minimum Gasteiger partial charge on any atom is -0.326 e. The number of anilines is 1. The van der Waals surface area contributed by atoms with E-state index in [1.54, 1.807) is 28.0 Å². The van der Waals surface area contributed by atoms with Gasteiger partial charge in [-0.1, -0.05) is 24.3 Å². The third-order valence-electron chi connectivity index (χ3n) is 6.18. The number of amidine groups is 1. The zero-order chi connectivity index (χ0) is 26.5. The number of hydrogen-bond acceptors (Lipinski definition) is 6. The summed E-state index contributed by atoms with van der Waals surface area (Å²) in [4.78, 5) is 32.6. The molecule has 2 amide bonds. The first kappa shape index (κ1) is 26.0. The topological polar surface area (TPSA) is 94.9 Å². The molecule has 2 N–H and O–H groups in total. The van der Waals surface area contributed by atoms with Gasteiger partial charge in [0.2, 0.25) is 11.8 Å². The van der Waals surface area contributed by atoms with Gasteiger partial charge in [0.1, 0.15) is 18.2 Å². The van der Waals surface area contributed by atoms with E-state index in [1.807, 2.05) is 58.5 Å². The van der Waals surface area contributed by atoms with E-state index in [0.29, 0.717) is 17.1 Å². The van der Waals surface area contributed by atoms with Crippen molar-refractivity contribution in [3.8, 4) is 11.1 Å². The maximum absolute atomic E-state index is 14.5. The summed E-state index contributed by atoms with van der Waals surface area (Å²) in [5, 5.41) is 8.82. The van der Waals surface area contributed by atoms with Crippen molar-refractivity contribution in [1.29, 1.82) is 0 Å². The number of carbonyl (C=O) groups excluding carboxylic acids is 2. The average Bonchev–Trinajstić information content (AvgIpc) is 3.23. The van der Waals surface area contributed by atoms with Crippen molar-refractivity contribution in [2.24, 2.45) is 18.0 Å². The van der Waals surface area contributed by atoms with Crippen LogP contribution in [-0.2, 0) is 23.1 Å². The third kappa shape index (κ3) is 6.59. The summed E-state index contributed by atoms with van der Waals surface area (Å²) in [6.07, 6.45) is 3.86. The Morgan fingerprint density at radius 2 is 1.97 bits per heavy atom. The molecule has 0 saturated heterocycles. The van der Waals surface area contributed by atoms with Crippen LogP contribution in [0.4, 0.5) is 10.1 Å². The van der Waals surface area contributed by atoms with Gasteiger partial charge in [-0.05, 0) is 48.2 Å². The molecule has 1 aliphatic heterocycles. The van der Waals surface area contributed by atoms with E-state index >= 15 is 0 Å². The summed E-state index contributed by atoms with van der Waals surface area (Å²) in [7, 11) is 5.49. The van der Waals surface area contributed by atoms with Gasteiger partial charge in [-0.25, -0.2) is 9.40 Å². The van der Waals surface area contributed by atoms with Crippen LogP contribution >= 0.6 is 0 Å².